The van der Waals surface area contributed by atoms with Crippen LogP contribution in [0.2, 0.25) is 5.02 Å². The Morgan fingerprint density at radius 1 is 1.05 bits per heavy atom. The van der Waals surface area contributed by atoms with Gasteiger partial charge in [-0.2, -0.15) is 0 Å². The van der Waals surface area contributed by atoms with Crippen LogP contribution >= 0.6 is 23.5 Å². The number of nitro benzene ring substituents is 1. The third kappa shape index (κ3) is 11.3. The predicted octanol–water partition coefficient (Wildman–Crippen LogP) is 10.3. The molecule has 2 fully saturated rings. The fraction of sp³-hybridized carbons (Fsp3) is 0.391. The quantitative estimate of drug-likeness (QED) is 0.0452. The molecule has 0 radical (unpaired) electrons. The molecular weight excluding hydrogens is 798 g/mol. The van der Waals surface area contributed by atoms with Gasteiger partial charge in [0, 0.05) is 91.8 Å². The van der Waals surface area contributed by atoms with Crippen LogP contribution in [0.25, 0.3) is 16.6 Å². The van der Waals surface area contributed by atoms with E-state index in [2.05, 4.69) is 55.8 Å². The van der Waals surface area contributed by atoms with Crippen molar-refractivity contribution in [3.05, 3.63) is 117 Å². The minimum Gasteiger partial charge on any atom is -0.455 e. The molecule has 0 amide bonds. The molecule has 8 rings (SSSR count). The third-order valence-electron chi connectivity index (χ3n) is 11.6. The maximum Gasteiger partial charge on any atom is 0.293 e. The lowest BCUT2D eigenvalue weighted by Crippen LogP contribution is -2.47. The number of anilines is 2. The van der Waals surface area contributed by atoms with Gasteiger partial charge < -0.3 is 24.7 Å². The minimum absolute atomic E-state index is 0.123. The van der Waals surface area contributed by atoms with E-state index in [4.69, 9.17) is 21.1 Å². The van der Waals surface area contributed by atoms with Crippen molar-refractivity contribution < 1.29 is 19.2 Å². The molecule has 316 valence electrons. The Hall–Kier alpha value is -4.92. The van der Waals surface area contributed by atoms with Gasteiger partial charge in [-0.15, -0.1) is 0 Å². The van der Waals surface area contributed by atoms with Gasteiger partial charge >= 0.3 is 0 Å². The SMILES string of the molecule is CC1(C)CCC(CN2CCN(c3ccc(C=O)c(Oc4cnc5[nH]ccc5c4)c3)CC2)=C(c2ccc(Cl)cc2)C1.CNSc1ccc(NCC2CCOCC2)c([N+](=O)[O-])c1. The average molecular weight is 853 g/mol. The Labute approximate surface area is 361 Å². The van der Waals surface area contributed by atoms with Gasteiger partial charge in [-0.05, 0) is 122 Å². The molecule has 5 aromatic rings. The second-order valence-electron chi connectivity index (χ2n) is 16.4. The smallest absolute Gasteiger partial charge is 0.293 e. The third-order valence-corrected chi connectivity index (χ3v) is 12.5. The van der Waals surface area contributed by atoms with Gasteiger partial charge in [0.1, 0.15) is 22.8 Å². The van der Waals surface area contributed by atoms with E-state index in [0.29, 0.717) is 34.1 Å². The summed E-state index contributed by atoms with van der Waals surface area (Å²) in [6.45, 7) is 11.9. The second-order valence-corrected chi connectivity index (χ2v) is 17.9. The largest absolute Gasteiger partial charge is 0.455 e. The molecule has 0 saturated carbocycles. The Morgan fingerprint density at radius 2 is 1.83 bits per heavy atom. The van der Waals surface area contributed by atoms with E-state index >= 15 is 0 Å². The highest BCUT2D eigenvalue weighted by atomic mass is 35.5. The lowest BCUT2D eigenvalue weighted by molar-refractivity contribution is -0.384. The Morgan fingerprint density at radius 3 is 2.57 bits per heavy atom. The molecule has 0 atom stereocenters. The highest BCUT2D eigenvalue weighted by Gasteiger charge is 2.29. The first-order valence-corrected chi connectivity index (χ1v) is 21.8. The number of hydrogen-bond donors (Lipinski definition) is 3. The van der Waals surface area contributed by atoms with Crippen LogP contribution in [0.4, 0.5) is 17.1 Å². The lowest BCUT2D eigenvalue weighted by atomic mass is 9.72. The summed E-state index contributed by atoms with van der Waals surface area (Å²) in [5.41, 5.74) is 7.79. The number of carbonyl (C=O) groups is 1. The molecule has 14 heteroatoms. The topological polar surface area (TPSA) is 138 Å². The molecule has 4 heterocycles. The van der Waals surface area contributed by atoms with Crippen LogP contribution in [0.1, 0.15) is 61.9 Å². The van der Waals surface area contributed by atoms with Crippen LogP contribution in [-0.2, 0) is 4.74 Å². The first-order chi connectivity index (χ1) is 29.1. The lowest BCUT2D eigenvalue weighted by Gasteiger charge is -2.39. The van der Waals surface area contributed by atoms with E-state index in [1.54, 1.807) is 31.0 Å². The number of H-pyrrole nitrogens is 1. The van der Waals surface area contributed by atoms with Crippen molar-refractivity contribution >= 4 is 63.5 Å². The van der Waals surface area contributed by atoms with Crippen LogP contribution < -0.4 is 19.7 Å². The number of allylic oxidation sites excluding steroid dienone is 1. The highest BCUT2D eigenvalue weighted by Crippen LogP contribution is 2.43. The van der Waals surface area contributed by atoms with E-state index in [9.17, 15) is 14.9 Å². The van der Waals surface area contributed by atoms with Crippen LogP contribution in [-0.4, -0.2) is 85.6 Å². The number of benzene rings is 3. The zero-order valence-corrected chi connectivity index (χ0v) is 36.1. The van der Waals surface area contributed by atoms with Crippen molar-refractivity contribution in [1.82, 2.24) is 19.6 Å². The van der Waals surface area contributed by atoms with Crippen LogP contribution in [0, 0.1) is 21.4 Å². The van der Waals surface area contributed by atoms with Crippen LogP contribution in [0.3, 0.4) is 0 Å². The number of aromatic nitrogens is 2. The molecule has 3 aliphatic rings. The number of fused-ring (bicyclic) bond motifs is 1. The molecule has 2 saturated heterocycles. The number of aromatic amines is 1. The van der Waals surface area contributed by atoms with Gasteiger partial charge in [0.15, 0.2) is 6.29 Å². The van der Waals surface area contributed by atoms with E-state index in [1.807, 2.05) is 54.7 Å². The maximum absolute atomic E-state index is 11.8. The van der Waals surface area contributed by atoms with Crippen molar-refractivity contribution in [2.45, 2.75) is 50.8 Å². The molecule has 2 aliphatic heterocycles. The van der Waals surface area contributed by atoms with E-state index in [0.717, 1.165) is 111 Å². The molecule has 3 aromatic carbocycles. The number of nitrogens with zero attached hydrogens (tertiary/aromatic N) is 4. The van der Waals surface area contributed by atoms with Crippen LogP contribution in [0.15, 0.2) is 95.7 Å². The van der Waals surface area contributed by atoms with Crippen molar-refractivity contribution in [1.29, 1.82) is 0 Å². The molecule has 0 unspecified atom stereocenters. The summed E-state index contributed by atoms with van der Waals surface area (Å²) < 4.78 is 14.4. The van der Waals surface area contributed by atoms with Gasteiger partial charge in [0.25, 0.3) is 5.69 Å². The van der Waals surface area contributed by atoms with Gasteiger partial charge in [-0.3, -0.25) is 24.5 Å². The molecule has 0 spiro atoms. The number of nitro groups is 1. The molecule has 12 nitrogen and oxygen atoms in total. The molecule has 2 aromatic heterocycles. The van der Waals surface area contributed by atoms with Crippen molar-refractivity contribution in [3.8, 4) is 11.5 Å². The fourth-order valence-electron chi connectivity index (χ4n) is 8.10. The number of ether oxygens (including phenoxy) is 2. The molecule has 0 bridgehead atoms. The zero-order valence-electron chi connectivity index (χ0n) is 34.5. The Bertz CT molecular complexity index is 2280. The normalized spacial score (nSPS) is 17.2. The van der Waals surface area contributed by atoms with Crippen molar-refractivity contribution in [3.63, 3.8) is 0 Å². The monoisotopic (exact) mass is 851 g/mol. The van der Waals surface area contributed by atoms with E-state index in [-0.39, 0.29) is 10.6 Å². The predicted molar refractivity (Wildman–Crippen MR) is 243 cm³/mol. The molecule has 3 N–H and O–H groups in total. The van der Waals surface area contributed by atoms with Gasteiger partial charge in [0.05, 0.1) is 16.7 Å². The fourth-order valence-corrected chi connectivity index (χ4v) is 8.77. The second kappa shape index (κ2) is 20.1. The van der Waals surface area contributed by atoms with Crippen LogP contribution in [0.5, 0.6) is 11.5 Å². The average Bonchev–Trinajstić information content (AvgIpc) is 3.73. The first-order valence-electron chi connectivity index (χ1n) is 20.7. The van der Waals surface area contributed by atoms with E-state index in [1.165, 1.54) is 29.5 Å². The summed E-state index contributed by atoms with van der Waals surface area (Å²) in [4.78, 5) is 35.8. The summed E-state index contributed by atoms with van der Waals surface area (Å²) in [7, 11) is 1.79. The Balaban J connectivity index is 0.000000229. The number of rotatable bonds is 13. The van der Waals surface area contributed by atoms with Crippen molar-refractivity contribution in [2.75, 3.05) is 69.7 Å². The summed E-state index contributed by atoms with van der Waals surface area (Å²) in [6, 6.07) is 23.3. The maximum atomic E-state index is 11.8. The standard InChI is InChI=1S/C33H35ClN4O2.C13H19N3O3S/c1-33(2)11-9-25(30(19-33)23-3-6-27(34)7-4-23)21-37-13-15-38(16-14-37)28-8-5-26(22-39)31(18-28)40-29-17-24-10-12-35-32(24)36-20-29;1-14-20-11-2-3-12(13(8-11)16(17)18)15-9-10-4-6-19-7-5-10/h3-8,10,12,17-18,20,22H,9,11,13-16,19,21H2,1-2H3,(H,35,36);2-3,8,10,14-15H,4-7,9H2,1H3. The van der Waals surface area contributed by atoms with Gasteiger partial charge in [-0.1, -0.05) is 43.2 Å². The number of hydrogen-bond acceptors (Lipinski definition) is 11. The Kier molecular flexibility index (Phi) is 14.5. The summed E-state index contributed by atoms with van der Waals surface area (Å²) in [5, 5.41) is 16.1. The molecule has 60 heavy (non-hydrogen) atoms. The minimum atomic E-state index is -0.341. The van der Waals surface area contributed by atoms with Gasteiger partial charge in [-0.25, -0.2) is 4.98 Å². The molecule has 1 aliphatic carbocycles. The number of pyridine rings is 1. The zero-order chi connectivity index (χ0) is 42.1. The highest BCUT2D eigenvalue weighted by molar-refractivity contribution is 7.97. The van der Waals surface area contributed by atoms with Crippen molar-refractivity contribution in [2.24, 2.45) is 11.3 Å². The summed E-state index contributed by atoms with van der Waals surface area (Å²) in [5.74, 6) is 1.68. The summed E-state index contributed by atoms with van der Waals surface area (Å²) >= 11 is 7.55. The number of aldehydes is 1. The number of carbonyl (C=O) groups excluding carboxylic acids is 1. The summed E-state index contributed by atoms with van der Waals surface area (Å²) in [6.07, 6.45) is 9.85. The molecular formula is C46H54ClN7O5S. The first kappa shape index (κ1) is 43.2. The number of piperazine rings is 1. The van der Waals surface area contributed by atoms with E-state index < -0.39 is 0 Å². The number of nitrogens with one attached hydrogen (secondary N) is 3. The van der Waals surface area contributed by atoms with Gasteiger partial charge in [0.2, 0.25) is 0 Å². The number of halogens is 1.